The van der Waals surface area contributed by atoms with Gasteiger partial charge >= 0.3 is 0 Å². The highest BCUT2D eigenvalue weighted by molar-refractivity contribution is 5.19. The molecule has 1 aromatic heterocycles. The van der Waals surface area contributed by atoms with Gasteiger partial charge in [0.2, 0.25) is 0 Å². The van der Waals surface area contributed by atoms with Gasteiger partial charge in [0.1, 0.15) is 5.82 Å². The van der Waals surface area contributed by atoms with E-state index in [0.717, 1.165) is 25.0 Å². The molecule has 0 aliphatic rings. The lowest BCUT2D eigenvalue weighted by atomic mass is 9.95. The van der Waals surface area contributed by atoms with Crippen LogP contribution in [0.5, 0.6) is 0 Å². The summed E-state index contributed by atoms with van der Waals surface area (Å²) in [6, 6.07) is 1.87. The maximum absolute atomic E-state index is 13.0. The summed E-state index contributed by atoms with van der Waals surface area (Å²) in [6.45, 7) is 6.11. The number of aryl methyl sites for hydroxylation is 1. The molecule has 0 radical (unpaired) electrons. The first-order valence-corrected chi connectivity index (χ1v) is 5.31. The monoisotopic (exact) mass is 195 g/mol. The minimum atomic E-state index is -0.208. The Morgan fingerprint density at radius 2 is 2.14 bits per heavy atom. The Hall–Kier alpha value is -0.920. The van der Waals surface area contributed by atoms with Crippen molar-refractivity contribution in [3.05, 3.63) is 29.3 Å². The van der Waals surface area contributed by atoms with Gasteiger partial charge in [-0.05, 0) is 31.4 Å². The van der Waals surface area contributed by atoms with Gasteiger partial charge in [0, 0.05) is 11.6 Å². The molecule has 1 rings (SSSR count). The molecular weight excluding hydrogens is 177 g/mol. The molecule has 1 heterocycles. The molecule has 1 atom stereocenters. The van der Waals surface area contributed by atoms with E-state index in [1.54, 1.807) is 6.92 Å². The van der Waals surface area contributed by atoms with Crippen LogP contribution in [0, 0.1) is 12.7 Å². The van der Waals surface area contributed by atoms with E-state index in [2.05, 4.69) is 18.8 Å². The summed E-state index contributed by atoms with van der Waals surface area (Å²) < 4.78 is 13.0. The second-order valence-corrected chi connectivity index (χ2v) is 3.75. The lowest BCUT2D eigenvalue weighted by molar-refractivity contribution is 0.567. The minimum Gasteiger partial charge on any atom is -0.258 e. The average Bonchev–Trinajstić information content (AvgIpc) is 2.19. The number of hydrogen-bond donors (Lipinski definition) is 0. The van der Waals surface area contributed by atoms with Gasteiger partial charge in [0.25, 0.3) is 0 Å². The van der Waals surface area contributed by atoms with E-state index in [0.29, 0.717) is 11.5 Å². The Balaban J connectivity index is 2.88. The molecule has 0 saturated heterocycles. The van der Waals surface area contributed by atoms with E-state index in [1.807, 2.05) is 6.07 Å². The zero-order valence-corrected chi connectivity index (χ0v) is 9.18. The molecular formula is C12H18FN. The van der Waals surface area contributed by atoms with Gasteiger partial charge in [-0.3, -0.25) is 4.98 Å². The number of aromatic nitrogens is 1. The number of halogens is 1. The highest BCUT2D eigenvalue weighted by Crippen LogP contribution is 2.23. The van der Waals surface area contributed by atoms with Gasteiger partial charge in [-0.2, -0.15) is 0 Å². The maximum Gasteiger partial charge on any atom is 0.144 e. The zero-order chi connectivity index (χ0) is 10.6. The first-order chi connectivity index (χ1) is 6.69. The molecule has 0 bridgehead atoms. The van der Waals surface area contributed by atoms with Crippen LogP contribution in [0.1, 0.15) is 50.3 Å². The van der Waals surface area contributed by atoms with Crippen molar-refractivity contribution in [2.45, 2.75) is 46.0 Å². The van der Waals surface area contributed by atoms with E-state index < -0.39 is 0 Å². The topological polar surface area (TPSA) is 12.9 Å². The van der Waals surface area contributed by atoms with Gasteiger partial charge in [-0.25, -0.2) is 4.39 Å². The predicted molar refractivity (Wildman–Crippen MR) is 56.9 cm³/mol. The summed E-state index contributed by atoms with van der Waals surface area (Å²) in [5.41, 5.74) is 1.73. The fraction of sp³-hybridized carbons (Fsp3) is 0.583. The smallest absolute Gasteiger partial charge is 0.144 e. The van der Waals surface area contributed by atoms with Crippen molar-refractivity contribution in [3.63, 3.8) is 0 Å². The summed E-state index contributed by atoms with van der Waals surface area (Å²) in [5, 5.41) is 0. The van der Waals surface area contributed by atoms with Gasteiger partial charge < -0.3 is 0 Å². The number of nitrogens with zero attached hydrogens (tertiary/aromatic N) is 1. The Labute approximate surface area is 85.4 Å². The van der Waals surface area contributed by atoms with E-state index in [4.69, 9.17) is 0 Å². The minimum absolute atomic E-state index is 0.208. The third kappa shape index (κ3) is 2.53. The summed E-state index contributed by atoms with van der Waals surface area (Å²) in [4.78, 5) is 4.15. The van der Waals surface area contributed by atoms with Gasteiger partial charge in [-0.15, -0.1) is 0 Å². The fourth-order valence-electron chi connectivity index (χ4n) is 1.69. The van der Waals surface area contributed by atoms with Crippen LogP contribution in [0.2, 0.25) is 0 Å². The van der Waals surface area contributed by atoms with Crippen LogP contribution >= 0.6 is 0 Å². The van der Waals surface area contributed by atoms with Crippen LogP contribution in [-0.4, -0.2) is 4.98 Å². The van der Waals surface area contributed by atoms with Crippen molar-refractivity contribution in [1.82, 2.24) is 4.98 Å². The lowest BCUT2D eigenvalue weighted by Crippen LogP contribution is -2.01. The van der Waals surface area contributed by atoms with Crippen molar-refractivity contribution in [2.75, 3.05) is 0 Å². The van der Waals surface area contributed by atoms with Crippen molar-refractivity contribution in [3.8, 4) is 0 Å². The van der Waals surface area contributed by atoms with Crippen LogP contribution in [0.3, 0.4) is 0 Å². The Morgan fingerprint density at radius 3 is 2.64 bits per heavy atom. The van der Waals surface area contributed by atoms with Crippen LogP contribution in [0.4, 0.5) is 4.39 Å². The van der Waals surface area contributed by atoms with Crippen molar-refractivity contribution >= 4 is 0 Å². The van der Waals surface area contributed by atoms with E-state index in [9.17, 15) is 4.39 Å². The third-order valence-corrected chi connectivity index (χ3v) is 2.62. The average molecular weight is 195 g/mol. The molecule has 2 heteroatoms. The fourth-order valence-corrected chi connectivity index (χ4v) is 1.69. The highest BCUT2D eigenvalue weighted by Gasteiger charge is 2.10. The zero-order valence-electron chi connectivity index (χ0n) is 9.18. The van der Waals surface area contributed by atoms with E-state index in [-0.39, 0.29) is 5.82 Å². The first kappa shape index (κ1) is 11.2. The number of rotatable bonds is 4. The molecule has 1 aromatic rings. The second-order valence-electron chi connectivity index (χ2n) is 3.75. The molecule has 0 aromatic carbocycles. The Morgan fingerprint density at radius 1 is 1.43 bits per heavy atom. The van der Waals surface area contributed by atoms with Crippen LogP contribution in [0.25, 0.3) is 0 Å². The standard InChI is InChI=1S/C12H18FN/c1-4-6-10(5-2)12-7-9(3)11(13)8-14-12/h7-8,10H,4-6H2,1-3H3. The summed E-state index contributed by atoms with van der Waals surface area (Å²) in [7, 11) is 0. The van der Waals surface area contributed by atoms with E-state index in [1.165, 1.54) is 6.20 Å². The SMILES string of the molecule is CCCC(CC)c1cc(C)c(F)cn1. The first-order valence-electron chi connectivity index (χ1n) is 5.31. The molecule has 0 fully saturated rings. The van der Waals surface area contributed by atoms with Crippen molar-refractivity contribution in [2.24, 2.45) is 0 Å². The van der Waals surface area contributed by atoms with Gasteiger partial charge in [0.15, 0.2) is 0 Å². The van der Waals surface area contributed by atoms with Crippen LogP contribution < -0.4 is 0 Å². The predicted octanol–water partition coefficient (Wildman–Crippen LogP) is 3.82. The molecule has 14 heavy (non-hydrogen) atoms. The number of hydrogen-bond acceptors (Lipinski definition) is 1. The second kappa shape index (κ2) is 5.08. The quantitative estimate of drug-likeness (QED) is 0.711. The molecule has 0 aliphatic heterocycles. The van der Waals surface area contributed by atoms with E-state index >= 15 is 0 Å². The summed E-state index contributed by atoms with van der Waals surface area (Å²) in [5.74, 6) is 0.277. The number of pyridine rings is 1. The molecule has 0 spiro atoms. The molecule has 0 amide bonds. The molecule has 1 unspecified atom stereocenters. The molecule has 1 nitrogen and oxygen atoms in total. The molecule has 0 N–H and O–H groups in total. The van der Waals surface area contributed by atoms with Crippen LogP contribution in [-0.2, 0) is 0 Å². The molecule has 78 valence electrons. The van der Waals surface area contributed by atoms with Crippen molar-refractivity contribution in [1.29, 1.82) is 0 Å². The van der Waals surface area contributed by atoms with Gasteiger partial charge in [0.05, 0.1) is 6.20 Å². The Kier molecular flexibility index (Phi) is 4.05. The Bertz CT molecular complexity index is 296. The third-order valence-electron chi connectivity index (χ3n) is 2.62. The van der Waals surface area contributed by atoms with Crippen LogP contribution in [0.15, 0.2) is 12.3 Å². The summed E-state index contributed by atoms with van der Waals surface area (Å²) >= 11 is 0. The van der Waals surface area contributed by atoms with Crippen molar-refractivity contribution < 1.29 is 4.39 Å². The molecule has 0 aliphatic carbocycles. The summed E-state index contributed by atoms with van der Waals surface area (Å²) in [6.07, 6.45) is 4.69. The lowest BCUT2D eigenvalue weighted by Gasteiger charge is -2.13. The van der Waals surface area contributed by atoms with Gasteiger partial charge in [-0.1, -0.05) is 20.3 Å². The molecule has 0 saturated carbocycles. The normalized spacial score (nSPS) is 12.9. The largest absolute Gasteiger partial charge is 0.258 e. The highest BCUT2D eigenvalue weighted by atomic mass is 19.1. The maximum atomic E-state index is 13.0.